The Morgan fingerprint density at radius 1 is 1.25 bits per heavy atom. The van der Waals surface area contributed by atoms with E-state index in [0.717, 1.165) is 12.2 Å². The first kappa shape index (κ1) is 18.2. The van der Waals surface area contributed by atoms with Crippen LogP contribution in [0.15, 0.2) is 48.5 Å². The minimum absolute atomic E-state index is 0.0910. The number of benzene rings is 2. The van der Waals surface area contributed by atoms with Crippen molar-refractivity contribution in [3.05, 3.63) is 59.4 Å². The number of nitrogens with zero attached hydrogens (tertiary/aromatic N) is 1. The zero-order valence-electron chi connectivity index (χ0n) is 13.5. The van der Waals surface area contributed by atoms with Gasteiger partial charge in [0.2, 0.25) is 5.91 Å². The molecule has 0 saturated heterocycles. The lowest BCUT2D eigenvalue weighted by molar-refractivity contribution is -0.117. The van der Waals surface area contributed by atoms with E-state index in [2.05, 4.69) is 5.32 Å². The molecule has 0 atom stereocenters. The van der Waals surface area contributed by atoms with Crippen LogP contribution in [0.2, 0.25) is 5.02 Å². The van der Waals surface area contributed by atoms with Gasteiger partial charge in [-0.3, -0.25) is 9.69 Å². The molecule has 2 rings (SSSR count). The lowest BCUT2D eigenvalue weighted by atomic mass is 10.3. The van der Waals surface area contributed by atoms with Gasteiger partial charge in [-0.1, -0.05) is 29.8 Å². The van der Waals surface area contributed by atoms with Gasteiger partial charge in [0.1, 0.15) is 11.6 Å². The zero-order chi connectivity index (χ0) is 17.4. The third-order valence-corrected chi connectivity index (χ3v) is 3.55. The van der Waals surface area contributed by atoms with Gasteiger partial charge in [-0.15, -0.1) is 0 Å². The Bertz CT molecular complexity index is 667. The van der Waals surface area contributed by atoms with Gasteiger partial charge in [0.25, 0.3) is 0 Å². The first-order chi connectivity index (χ1) is 11.5. The normalized spacial score (nSPS) is 10.7. The zero-order valence-corrected chi connectivity index (χ0v) is 14.2. The number of carbonyl (C=O) groups excluding carboxylic acids is 1. The number of anilines is 1. The van der Waals surface area contributed by atoms with Crippen LogP contribution in [0.3, 0.4) is 0 Å². The molecule has 0 radical (unpaired) electrons. The maximum atomic E-state index is 13.6. The summed E-state index contributed by atoms with van der Waals surface area (Å²) in [4.78, 5) is 13.8. The van der Waals surface area contributed by atoms with Gasteiger partial charge in [0.05, 0.1) is 18.8 Å². The summed E-state index contributed by atoms with van der Waals surface area (Å²) in [5.41, 5.74) is 0.0910. The van der Waals surface area contributed by atoms with Crippen LogP contribution in [0.25, 0.3) is 0 Å². The molecule has 0 fully saturated rings. The quantitative estimate of drug-likeness (QED) is 0.736. The lowest BCUT2D eigenvalue weighted by Gasteiger charge is -2.16. The standard InChI is InChI=1S/C18H20ClFN2O2/c1-22(10-5-11-24-15-6-3-2-4-7-15)13-18(23)21-17-12-14(19)8-9-16(17)20/h2-4,6-9,12H,5,10-11,13H2,1H3,(H,21,23). The molecule has 0 aliphatic rings. The summed E-state index contributed by atoms with van der Waals surface area (Å²) in [6, 6.07) is 13.6. The highest BCUT2D eigenvalue weighted by Crippen LogP contribution is 2.19. The average Bonchev–Trinajstić information content (AvgIpc) is 2.56. The predicted octanol–water partition coefficient (Wildman–Crippen LogP) is 3.82. The van der Waals surface area contributed by atoms with E-state index in [1.165, 1.54) is 18.2 Å². The molecule has 4 nitrogen and oxygen atoms in total. The molecule has 0 aromatic heterocycles. The Kier molecular flexibility index (Phi) is 7.03. The van der Waals surface area contributed by atoms with E-state index in [1.54, 1.807) is 0 Å². The van der Waals surface area contributed by atoms with Crippen LogP contribution in [0.4, 0.5) is 10.1 Å². The van der Waals surface area contributed by atoms with Crippen molar-refractivity contribution in [3.8, 4) is 5.75 Å². The Morgan fingerprint density at radius 3 is 2.75 bits per heavy atom. The highest BCUT2D eigenvalue weighted by molar-refractivity contribution is 6.30. The van der Waals surface area contributed by atoms with Crippen molar-refractivity contribution in [2.24, 2.45) is 0 Å². The molecular formula is C18H20ClFN2O2. The van der Waals surface area contributed by atoms with Crippen molar-refractivity contribution < 1.29 is 13.9 Å². The number of nitrogens with one attached hydrogen (secondary N) is 1. The monoisotopic (exact) mass is 350 g/mol. The molecule has 2 aromatic rings. The fraction of sp³-hybridized carbons (Fsp3) is 0.278. The van der Waals surface area contributed by atoms with E-state index in [1.807, 2.05) is 42.3 Å². The number of amides is 1. The summed E-state index contributed by atoms with van der Waals surface area (Å²) in [5.74, 6) is 0.0311. The van der Waals surface area contributed by atoms with Crippen LogP contribution in [-0.2, 0) is 4.79 Å². The van der Waals surface area contributed by atoms with Gasteiger partial charge >= 0.3 is 0 Å². The number of likely N-dealkylation sites (N-methyl/N-ethyl adjacent to an activating group) is 1. The van der Waals surface area contributed by atoms with Gasteiger partial charge < -0.3 is 10.1 Å². The van der Waals surface area contributed by atoms with Crippen molar-refractivity contribution >= 4 is 23.2 Å². The van der Waals surface area contributed by atoms with Gasteiger partial charge in [-0.25, -0.2) is 4.39 Å². The number of hydrogen-bond acceptors (Lipinski definition) is 3. The molecule has 6 heteroatoms. The highest BCUT2D eigenvalue weighted by Gasteiger charge is 2.10. The van der Waals surface area contributed by atoms with Gasteiger partial charge in [0, 0.05) is 11.6 Å². The SMILES string of the molecule is CN(CCCOc1ccccc1)CC(=O)Nc1cc(Cl)ccc1F. The summed E-state index contributed by atoms with van der Waals surface area (Å²) < 4.78 is 19.2. The van der Waals surface area contributed by atoms with Crippen LogP contribution in [-0.4, -0.2) is 37.6 Å². The molecule has 0 aliphatic carbocycles. The van der Waals surface area contributed by atoms with Crippen molar-refractivity contribution in [1.82, 2.24) is 4.90 Å². The Balaban J connectivity index is 1.69. The predicted molar refractivity (Wildman–Crippen MR) is 94.1 cm³/mol. The fourth-order valence-electron chi connectivity index (χ4n) is 2.15. The van der Waals surface area contributed by atoms with E-state index in [-0.39, 0.29) is 18.1 Å². The van der Waals surface area contributed by atoms with Crippen molar-refractivity contribution in [2.75, 3.05) is 32.1 Å². The number of para-hydroxylation sites is 1. The second-order valence-electron chi connectivity index (χ2n) is 5.43. The van der Waals surface area contributed by atoms with E-state index >= 15 is 0 Å². The number of rotatable bonds is 8. The maximum Gasteiger partial charge on any atom is 0.238 e. The van der Waals surface area contributed by atoms with Crippen LogP contribution in [0.5, 0.6) is 5.75 Å². The molecular weight excluding hydrogens is 331 g/mol. The molecule has 0 aliphatic heterocycles. The average molecular weight is 351 g/mol. The number of carbonyl (C=O) groups is 1. The van der Waals surface area contributed by atoms with Gasteiger partial charge in [0.15, 0.2) is 0 Å². The number of halogens is 2. The molecule has 0 unspecified atom stereocenters. The smallest absolute Gasteiger partial charge is 0.238 e. The van der Waals surface area contributed by atoms with E-state index in [9.17, 15) is 9.18 Å². The second kappa shape index (κ2) is 9.25. The first-order valence-corrected chi connectivity index (χ1v) is 8.03. The van der Waals surface area contributed by atoms with E-state index in [0.29, 0.717) is 18.2 Å². The third kappa shape index (κ3) is 6.18. The second-order valence-corrected chi connectivity index (χ2v) is 5.86. The maximum absolute atomic E-state index is 13.6. The molecule has 128 valence electrons. The largest absolute Gasteiger partial charge is 0.494 e. The van der Waals surface area contributed by atoms with E-state index in [4.69, 9.17) is 16.3 Å². The first-order valence-electron chi connectivity index (χ1n) is 7.66. The van der Waals surface area contributed by atoms with Crippen molar-refractivity contribution in [1.29, 1.82) is 0 Å². The van der Waals surface area contributed by atoms with E-state index < -0.39 is 5.82 Å². The summed E-state index contributed by atoms with van der Waals surface area (Å²) in [5, 5.41) is 2.90. The Hall–Kier alpha value is -2.11. The molecule has 0 saturated carbocycles. The minimum atomic E-state index is -0.508. The summed E-state index contributed by atoms with van der Waals surface area (Å²) >= 11 is 5.80. The fourth-order valence-corrected chi connectivity index (χ4v) is 2.32. The number of ether oxygens (including phenoxy) is 1. The third-order valence-electron chi connectivity index (χ3n) is 3.31. The molecule has 24 heavy (non-hydrogen) atoms. The summed E-state index contributed by atoms with van der Waals surface area (Å²) in [7, 11) is 1.83. The highest BCUT2D eigenvalue weighted by atomic mass is 35.5. The molecule has 2 aromatic carbocycles. The van der Waals surface area contributed by atoms with Crippen LogP contribution >= 0.6 is 11.6 Å². The van der Waals surface area contributed by atoms with Crippen molar-refractivity contribution in [2.45, 2.75) is 6.42 Å². The molecule has 0 heterocycles. The molecule has 1 N–H and O–H groups in total. The number of hydrogen-bond donors (Lipinski definition) is 1. The summed E-state index contributed by atoms with van der Waals surface area (Å²) in [6.07, 6.45) is 0.782. The Morgan fingerprint density at radius 2 is 2.00 bits per heavy atom. The van der Waals surface area contributed by atoms with Crippen LogP contribution < -0.4 is 10.1 Å². The van der Waals surface area contributed by atoms with Crippen LogP contribution in [0, 0.1) is 5.82 Å². The van der Waals surface area contributed by atoms with Gasteiger partial charge in [-0.2, -0.15) is 0 Å². The summed E-state index contributed by atoms with van der Waals surface area (Å²) in [6.45, 7) is 1.43. The minimum Gasteiger partial charge on any atom is -0.494 e. The molecule has 0 spiro atoms. The van der Waals surface area contributed by atoms with Gasteiger partial charge in [-0.05, 0) is 43.8 Å². The molecule has 1 amide bonds. The topological polar surface area (TPSA) is 41.6 Å². The molecule has 0 bridgehead atoms. The lowest BCUT2D eigenvalue weighted by Crippen LogP contribution is -2.31. The Labute approximate surface area is 146 Å². The van der Waals surface area contributed by atoms with Crippen molar-refractivity contribution in [3.63, 3.8) is 0 Å². The van der Waals surface area contributed by atoms with Crippen LogP contribution in [0.1, 0.15) is 6.42 Å².